The first-order valence-corrected chi connectivity index (χ1v) is 5.51. The van der Waals surface area contributed by atoms with Crippen LogP contribution in [0.25, 0.3) is 11.1 Å². The second kappa shape index (κ2) is 5.24. The molecule has 0 saturated carbocycles. The summed E-state index contributed by atoms with van der Waals surface area (Å²) in [6.45, 7) is 0. The molecule has 2 rings (SSSR count). The number of methoxy groups -OCH3 is 2. The monoisotopic (exact) mass is 239 g/mol. The maximum atomic E-state index is 9.15. The van der Waals surface area contributed by atoms with E-state index in [9.17, 15) is 0 Å². The molecule has 0 N–H and O–H groups in total. The molecule has 0 aliphatic heterocycles. The van der Waals surface area contributed by atoms with Gasteiger partial charge in [0, 0.05) is 11.1 Å². The van der Waals surface area contributed by atoms with Crippen molar-refractivity contribution in [1.29, 1.82) is 5.26 Å². The molecule has 18 heavy (non-hydrogen) atoms. The third-order valence-corrected chi connectivity index (χ3v) is 2.74. The molecule has 0 aliphatic rings. The zero-order valence-corrected chi connectivity index (χ0v) is 10.3. The molecule has 0 saturated heterocycles. The number of rotatable bonds is 3. The van der Waals surface area contributed by atoms with Gasteiger partial charge in [0.2, 0.25) is 0 Å². The van der Waals surface area contributed by atoms with Gasteiger partial charge in [0.05, 0.1) is 25.9 Å². The molecule has 0 fully saturated rings. The Morgan fingerprint density at radius 2 is 1.72 bits per heavy atom. The molecule has 3 nitrogen and oxygen atoms in total. The number of nitriles is 1. The first-order valence-electron chi connectivity index (χ1n) is 5.51. The van der Waals surface area contributed by atoms with Gasteiger partial charge in [0.1, 0.15) is 11.5 Å². The Bertz CT molecular complexity index is 600. The van der Waals surface area contributed by atoms with E-state index in [1.54, 1.807) is 20.3 Å². The second-order valence-electron chi connectivity index (χ2n) is 3.72. The quantitative estimate of drug-likeness (QED) is 0.825. The highest BCUT2D eigenvalue weighted by Crippen LogP contribution is 2.34. The maximum Gasteiger partial charge on any atom is 0.126 e. The molecule has 0 spiro atoms. The van der Waals surface area contributed by atoms with E-state index in [4.69, 9.17) is 14.7 Å². The molecule has 0 amide bonds. The summed E-state index contributed by atoms with van der Waals surface area (Å²) in [6, 6.07) is 15.1. The molecule has 90 valence electrons. The van der Waals surface area contributed by atoms with Gasteiger partial charge in [-0.1, -0.05) is 18.2 Å². The smallest absolute Gasteiger partial charge is 0.126 e. The Labute approximate surface area is 106 Å². The van der Waals surface area contributed by atoms with Gasteiger partial charge in [0.25, 0.3) is 0 Å². The van der Waals surface area contributed by atoms with Gasteiger partial charge >= 0.3 is 0 Å². The van der Waals surface area contributed by atoms with Gasteiger partial charge in [-0.25, -0.2) is 0 Å². The van der Waals surface area contributed by atoms with E-state index in [-0.39, 0.29) is 0 Å². The van der Waals surface area contributed by atoms with Crippen molar-refractivity contribution in [2.75, 3.05) is 14.2 Å². The van der Waals surface area contributed by atoms with Crippen LogP contribution in [0.3, 0.4) is 0 Å². The van der Waals surface area contributed by atoms with Crippen LogP contribution < -0.4 is 9.47 Å². The van der Waals surface area contributed by atoms with Crippen molar-refractivity contribution in [3.05, 3.63) is 48.0 Å². The highest BCUT2D eigenvalue weighted by atomic mass is 16.5. The molecule has 0 aromatic heterocycles. The molecule has 0 bridgehead atoms. The van der Waals surface area contributed by atoms with Gasteiger partial charge in [-0.2, -0.15) is 5.26 Å². The molecule has 0 heterocycles. The number of hydrogen-bond donors (Lipinski definition) is 0. The lowest BCUT2D eigenvalue weighted by Gasteiger charge is -2.11. The standard InChI is InChI=1S/C15H13NO2/c1-17-12-7-8-15(18-2)14(9-12)13-6-4-3-5-11(13)10-16/h3-9H,1-2H3. The van der Waals surface area contributed by atoms with Crippen LogP contribution in [0, 0.1) is 11.3 Å². The zero-order valence-electron chi connectivity index (χ0n) is 10.3. The van der Waals surface area contributed by atoms with E-state index in [2.05, 4.69) is 6.07 Å². The Hall–Kier alpha value is -2.47. The molecule has 0 atom stereocenters. The number of benzene rings is 2. The van der Waals surface area contributed by atoms with Crippen LogP contribution in [-0.4, -0.2) is 14.2 Å². The molecular weight excluding hydrogens is 226 g/mol. The summed E-state index contributed by atoms with van der Waals surface area (Å²) in [5.41, 5.74) is 2.31. The predicted molar refractivity (Wildman–Crippen MR) is 69.7 cm³/mol. The van der Waals surface area contributed by atoms with Crippen LogP contribution in [0.15, 0.2) is 42.5 Å². The molecule has 0 aliphatic carbocycles. The van der Waals surface area contributed by atoms with Crippen LogP contribution in [-0.2, 0) is 0 Å². The fraction of sp³-hybridized carbons (Fsp3) is 0.133. The lowest BCUT2D eigenvalue weighted by atomic mass is 9.99. The fourth-order valence-corrected chi connectivity index (χ4v) is 1.84. The summed E-state index contributed by atoms with van der Waals surface area (Å²) < 4.78 is 10.5. The van der Waals surface area contributed by atoms with Crippen molar-refractivity contribution < 1.29 is 9.47 Å². The summed E-state index contributed by atoms with van der Waals surface area (Å²) in [4.78, 5) is 0. The summed E-state index contributed by atoms with van der Waals surface area (Å²) in [5, 5.41) is 9.15. The lowest BCUT2D eigenvalue weighted by Crippen LogP contribution is -1.92. The van der Waals surface area contributed by atoms with Crippen LogP contribution in [0.5, 0.6) is 11.5 Å². The minimum atomic E-state index is 0.615. The number of nitrogens with zero attached hydrogens (tertiary/aromatic N) is 1. The summed E-state index contributed by atoms with van der Waals surface area (Å²) >= 11 is 0. The second-order valence-corrected chi connectivity index (χ2v) is 3.72. The van der Waals surface area contributed by atoms with Gasteiger partial charge in [-0.3, -0.25) is 0 Å². The highest BCUT2D eigenvalue weighted by Gasteiger charge is 2.11. The average Bonchev–Trinajstić information content (AvgIpc) is 2.46. The highest BCUT2D eigenvalue weighted by molar-refractivity contribution is 5.76. The Morgan fingerprint density at radius 3 is 2.39 bits per heavy atom. The summed E-state index contributed by atoms with van der Waals surface area (Å²) in [5.74, 6) is 1.46. The number of hydrogen-bond acceptors (Lipinski definition) is 3. The SMILES string of the molecule is COc1ccc(OC)c(-c2ccccc2C#N)c1. The molecule has 0 unspecified atom stereocenters. The zero-order chi connectivity index (χ0) is 13.0. The van der Waals surface area contributed by atoms with E-state index in [1.165, 1.54) is 0 Å². The van der Waals surface area contributed by atoms with E-state index in [1.807, 2.05) is 36.4 Å². The molecule has 2 aromatic carbocycles. The third kappa shape index (κ3) is 2.14. The van der Waals surface area contributed by atoms with E-state index < -0.39 is 0 Å². The molecule has 2 aromatic rings. The Kier molecular flexibility index (Phi) is 3.49. The van der Waals surface area contributed by atoms with E-state index >= 15 is 0 Å². The normalized spacial score (nSPS) is 9.61. The predicted octanol–water partition coefficient (Wildman–Crippen LogP) is 3.24. The number of ether oxygens (including phenoxy) is 2. The Morgan fingerprint density at radius 1 is 0.944 bits per heavy atom. The van der Waals surface area contributed by atoms with Crippen LogP contribution >= 0.6 is 0 Å². The molecule has 0 radical (unpaired) electrons. The molecular formula is C15H13NO2. The van der Waals surface area contributed by atoms with Gasteiger partial charge in [-0.15, -0.1) is 0 Å². The topological polar surface area (TPSA) is 42.2 Å². The van der Waals surface area contributed by atoms with E-state index in [0.717, 1.165) is 22.6 Å². The minimum Gasteiger partial charge on any atom is -0.497 e. The third-order valence-electron chi connectivity index (χ3n) is 2.74. The van der Waals surface area contributed by atoms with Crippen molar-refractivity contribution in [1.82, 2.24) is 0 Å². The van der Waals surface area contributed by atoms with Crippen molar-refractivity contribution in [2.45, 2.75) is 0 Å². The van der Waals surface area contributed by atoms with Crippen molar-refractivity contribution in [3.8, 4) is 28.7 Å². The first kappa shape index (κ1) is 12.0. The maximum absolute atomic E-state index is 9.15. The summed E-state index contributed by atoms with van der Waals surface area (Å²) in [6.07, 6.45) is 0. The van der Waals surface area contributed by atoms with Gasteiger partial charge in [-0.05, 0) is 24.3 Å². The van der Waals surface area contributed by atoms with Crippen molar-refractivity contribution in [2.24, 2.45) is 0 Å². The molecule has 3 heteroatoms. The van der Waals surface area contributed by atoms with Crippen LogP contribution in [0.4, 0.5) is 0 Å². The van der Waals surface area contributed by atoms with Gasteiger partial charge in [0.15, 0.2) is 0 Å². The fourth-order valence-electron chi connectivity index (χ4n) is 1.84. The van der Waals surface area contributed by atoms with Crippen LogP contribution in [0.2, 0.25) is 0 Å². The largest absolute Gasteiger partial charge is 0.497 e. The summed E-state index contributed by atoms with van der Waals surface area (Å²) in [7, 11) is 3.22. The van der Waals surface area contributed by atoms with Crippen LogP contribution in [0.1, 0.15) is 5.56 Å². The minimum absolute atomic E-state index is 0.615. The van der Waals surface area contributed by atoms with Crippen molar-refractivity contribution in [3.63, 3.8) is 0 Å². The first-order chi connectivity index (χ1) is 8.80. The lowest BCUT2D eigenvalue weighted by molar-refractivity contribution is 0.404. The van der Waals surface area contributed by atoms with E-state index in [0.29, 0.717) is 5.56 Å². The van der Waals surface area contributed by atoms with Crippen molar-refractivity contribution >= 4 is 0 Å². The average molecular weight is 239 g/mol. The Balaban J connectivity index is 2.65. The van der Waals surface area contributed by atoms with Gasteiger partial charge < -0.3 is 9.47 Å².